The minimum absolute atomic E-state index is 0.0621. The molecule has 2 amide bonds. The highest BCUT2D eigenvalue weighted by molar-refractivity contribution is 6.01. The molecular formula is C21H30N4O4. The summed E-state index contributed by atoms with van der Waals surface area (Å²) in [6.07, 6.45) is 4.89. The third kappa shape index (κ3) is 4.37. The molecule has 0 saturated carbocycles. The predicted octanol–water partition coefficient (Wildman–Crippen LogP) is 2.04. The van der Waals surface area contributed by atoms with Crippen molar-refractivity contribution in [2.24, 2.45) is 5.73 Å². The van der Waals surface area contributed by atoms with Crippen molar-refractivity contribution in [3.8, 4) is 0 Å². The zero-order chi connectivity index (χ0) is 21.0. The number of carbonyl (C=O) groups is 3. The fourth-order valence-corrected chi connectivity index (χ4v) is 4.43. The lowest BCUT2D eigenvalue weighted by atomic mass is 9.83. The monoisotopic (exact) mass is 402 g/mol. The summed E-state index contributed by atoms with van der Waals surface area (Å²) in [6, 6.07) is 5.04. The van der Waals surface area contributed by atoms with E-state index in [1.807, 2.05) is 6.07 Å². The van der Waals surface area contributed by atoms with Gasteiger partial charge in [0.25, 0.3) is 0 Å². The van der Waals surface area contributed by atoms with Crippen molar-refractivity contribution in [3.63, 3.8) is 0 Å². The van der Waals surface area contributed by atoms with Crippen LogP contribution in [0, 0.1) is 0 Å². The Bertz CT molecular complexity index is 781. The lowest BCUT2D eigenvalue weighted by Crippen LogP contribution is -2.63. The first-order valence-electron chi connectivity index (χ1n) is 10.3. The van der Waals surface area contributed by atoms with Crippen molar-refractivity contribution in [1.29, 1.82) is 0 Å². The number of hydrogen-bond acceptors (Lipinski definition) is 5. The van der Waals surface area contributed by atoms with E-state index >= 15 is 0 Å². The van der Waals surface area contributed by atoms with Crippen LogP contribution >= 0.6 is 0 Å². The summed E-state index contributed by atoms with van der Waals surface area (Å²) < 4.78 is 0. The predicted molar refractivity (Wildman–Crippen MR) is 111 cm³/mol. The third-order valence-corrected chi connectivity index (χ3v) is 6.20. The van der Waals surface area contributed by atoms with Crippen molar-refractivity contribution < 1.29 is 19.5 Å². The van der Waals surface area contributed by atoms with Gasteiger partial charge in [0.15, 0.2) is 0 Å². The molecule has 2 fully saturated rings. The molecule has 2 aliphatic heterocycles. The SMILES string of the molecule is CCC(=O)Nc1ccc(N2CCC(C(N)=O)(N3CCCCC3)CC2)cc1C(=O)O. The molecule has 3 rings (SSSR count). The van der Waals surface area contributed by atoms with Crippen LogP contribution in [0.2, 0.25) is 0 Å². The van der Waals surface area contributed by atoms with E-state index in [1.165, 1.54) is 6.42 Å². The molecule has 8 nitrogen and oxygen atoms in total. The molecule has 0 aromatic heterocycles. The van der Waals surface area contributed by atoms with E-state index in [1.54, 1.807) is 19.1 Å². The van der Waals surface area contributed by atoms with Crippen LogP contribution in [0.25, 0.3) is 0 Å². The summed E-state index contributed by atoms with van der Waals surface area (Å²) in [5.74, 6) is -1.58. The first-order chi connectivity index (χ1) is 13.9. The molecule has 0 radical (unpaired) electrons. The van der Waals surface area contributed by atoms with E-state index in [-0.39, 0.29) is 23.8 Å². The van der Waals surface area contributed by atoms with E-state index in [2.05, 4.69) is 15.1 Å². The highest BCUT2D eigenvalue weighted by atomic mass is 16.4. The third-order valence-electron chi connectivity index (χ3n) is 6.20. The molecule has 0 unspecified atom stereocenters. The van der Waals surface area contributed by atoms with Gasteiger partial charge in [0.05, 0.1) is 11.3 Å². The Balaban J connectivity index is 1.77. The van der Waals surface area contributed by atoms with Gasteiger partial charge in [0, 0.05) is 25.2 Å². The van der Waals surface area contributed by atoms with Crippen molar-refractivity contribution in [2.45, 2.75) is 51.0 Å². The summed E-state index contributed by atoms with van der Waals surface area (Å²) in [5.41, 5.74) is 6.36. The fraction of sp³-hybridized carbons (Fsp3) is 0.571. The van der Waals surface area contributed by atoms with E-state index < -0.39 is 11.5 Å². The lowest BCUT2D eigenvalue weighted by molar-refractivity contribution is -0.132. The van der Waals surface area contributed by atoms with Gasteiger partial charge in [-0.15, -0.1) is 0 Å². The first-order valence-corrected chi connectivity index (χ1v) is 10.3. The average molecular weight is 402 g/mol. The minimum Gasteiger partial charge on any atom is -0.478 e. The molecule has 2 aliphatic rings. The van der Waals surface area contributed by atoms with Crippen LogP contribution < -0.4 is 16.0 Å². The molecule has 4 N–H and O–H groups in total. The molecule has 0 spiro atoms. The number of carbonyl (C=O) groups excluding carboxylic acids is 2. The summed E-state index contributed by atoms with van der Waals surface area (Å²) in [6.45, 7) is 4.76. The largest absolute Gasteiger partial charge is 0.478 e. The summed E-state index contributed by atoms with van der Waals surface area (Å²) in [7, 11) is 0. The summed E-state index contributed by atoms with van der Waals surface area (Å²) in [4.78, 5) is 40.1. The number of likely N-dealkylation sites (tertiary alicyclic amines) is 1. The number of hydrogen-bond donors (Lipinski definition) is 3. The molecule has 0 atom stereocenters. The number of nitrogens with zero attached hydrogens (tertiary/aromatic N) is 2. The second-order valence-corrected chi connectivity index (χ2v) is 7.87. The van der Waals surface area contributed by atoms with Crippen LogP contribution in [0.15, 0.2) is 18.2 Å². The number of nitrogens with one attached hydrogen (secondary N) is 1. The Labute approximate surface area is 171 Å². The molecule has 8 heteroatoms. The number of piperidine rings is 2. The first kappa shape index (κ1) is 21.1. The highest BCUT2D eigenvalue weighted by Crippen LogP contribution is 2.34. The van der Waals surface area contributed by atoms with Crippen molar-refractivity contribution in [1.82, 2.24) is 4.90 Å². The Morgan fingerprint density at radius 1 is 1.10 bits per heavy atom. The Kier molecular flexibility index (Phi) is 6.42. The van der Waals surface area contributed by atoms with Gasteiger partial charge in [-0.3, -0.25) is 14.5 Å². The Morgan fingerprint density at radius 2 is 1.76 bits per heavy atom. The Morgan fingerprint density at radius 3 is 2.31 bits per heavy atom. The van der Waals surface area contributed by atoms with Gasteiger partial charge in [-0.2, -0.15) is 0 Å². The van der Waals surface area contributed by atoms with E-state index in [0.717, 1.165) is 31.6 Å². The van der Waals surface area contributed by atoms with Crippen molar-refractivity contribution >= 4 is 29.2 Å². The number of amides is 2. The number of primary amides is 1. The van der Waals surface area contributed by atoms with Crippen LogP contribution in [0.3, 0.4) is 0 Å². The molecule has 29 heavy (non-hydrogen) atoms. The standard InChI is InChI=1S/C21H30N4O4/c1-2-18(26)23-17-7-6-15(14-16(17)19(27)28)24-12-8-21(9-13-24,20(22)29)25-10-4-3-5-11-25/h6-7,14H,2-5,8-13H2,1H3,(H2,22,29)(H,23,26)(H,27,28). The van der Waals surface area contributed by atoms with E-state index in [9.17, 15) is 19.5 Å². The van der Waals surface area contributed by atoms with Crippen LogP contribution in [0.5, 0.6) is 0 Å². The van der Waals surface area contributed by atoms with Gasteiger partial charge in [-0.1, -0.05) is 13.3 Å². The zero-order valence-electron chi connectivity index (χ0n) is 16.9. The van der Waals surface area contributed by atoms with Gasteiger partial charge in [0.1, 0.15) is 5.54 Å². The van der Waals surface area contributed by atoms with E-state index in [0.29, 0.717) is 31.6 Å². The number of benzene rings is 1. The number of rotatable bonds is 6. The maximum atomic E-state index is 12.4. The molecule has 2 heterocycles. The highest BCUT2D eigenvalue weighted by Gasteiger charge is 2.45. The Hall–Kier alpha value is -2.61. The van der Waals surface area contributed by atoms with Gasteiger partial charge in [0.2, 0.25) is 11.8 Å². The molecule has 1 aromatic carbocycles. The van der Waals surface area contributed by atoms with Crippen LogP contribution in [-0.4, -0.2) is 59.5 Å². The van der Waals surface area contributed by atoms with Gasteiger partial charge < -0.3 is 21.1 Å². The molecule has 1 aromatic rings. The second kappa shape index (κ2) is 8.82. The number of carboxylic acid groups (broad SMARTS) is 1. The molecule has 0 bridgehead atoms. The fourth-order valence-electron chi connectivity index (χ4n) is 4.43. The second-order valence-electron chi connectivity index (χ2n) is 7.87. The summed E-state index contributed by atoms with van der Waals surface area (Å²) in [5, 5.41) is 12.2. The van der Waals surface area contributed by atoms with Crippen molar-refractivity contribution in [2.75, 3.05) is 36.4 Å². The molecular weight excluding hydrogens is 372 g/mol. The molecule has 158 valence electrons. The normalized spacial score (nSPS) is 19.6. The topological polar surface area (TPSA) is 116 Å². The van der Waals surface area contributed by atoms with Crippen molar-refractivity contribution in [3.05, 3.63) is 23.8 Å². The maximum absolute atomic E-state index is 12.4. The number of anilines is 2. The van der Waals surface area contributed by atoms with Crippen LogP contribution in [-0.2, 0) is 9.59 Å². The average Bonchev–Trinajstić information content (AvgIpc) is 2.74. The number of nitrogens with two attached hydrogens (primary N) is 1. The lowest BCUT2D eigenvalue weighted by Gasteiger charge is -2.48. The zero-order valence-corrected chi connectivity index (χ0v) is 16.9. The van der Waals surface area contributed by atoms with Gasteiger partial charge in [-0.05, 0) is 57.0 Å². The van der Waals surface area contributed by atoms with E-state index in [4.69, 9.17) is 5.73 Å². The van der Waals surface area contributed by atoms with Gasteiger partial charge >= 0.3 is 5.97 Å². The smallest absolute Gasteiger partial charge is 0.337 e. The van der Waals surface area contributed by atoms with Crippen LogP contribution in [0.4, 0.5) is 11.4 Å². The van der Waals surface area contributed by atoms with Crippen LogP contribution in [0.1, 0.15) is 55.8 Å². The minimum atomic E-state index is -1.09. The summed E-state index contributed by atoms with van der Waals surface area (Å²) >= 11 is 0. The number of carboxylic acids is 1. The number of aromatic carboxylic acids is 1. The maximum Gasteiger partial charge on any atom is 0.337 e. The van der Waals surface area contributed by atoms with Gasteiger partial charge in [-0.25, -0.2) is 4.79 Å². The molecule has 0 aliphatic carbocycles. The molecule has 2 saturated heterocycles. The quantitative estimate of drug-likeness (QED) is 0.671.